The molecule has 0 amide bonds. The van der Waals surface area contributed by atoms with E-state index in [9.17, 15) is 0 Å². The zero-order chi connectivity index (χ0) is 22.7. The predicted octanol–water partition coefficient (Wildman–Crippen LogP) is 9.10. The van der Waals surface area contributed by atoms with Gasteiger partial charge in [-0.1, -0.05) is 108 Å². The van der Waals surface area contributed by atoms with Crippen LogP contribution in [0, 0.1) is 0 Å². The van der Waals surface area contributed by atoms with Crippen LogP contribution in [0.15, 0.2) is 133 Å². The molecular weight excluding hydrogens is 432 g/mol. The van der Waals surface area contributed by atoms with Crippen LogP contribution in [-0.4, -0.2) is 4.98 Å². The number of thiazole rings is 1. The Kier molecular flexibility index (Phi) is 5.38. The van der Waals surface area contributed by atoms with Crippen molar-refractivity contribution in [3.05, 3.63) is 133 Å². The van der Waals surface area contributed by atoms with E-state index < -0.39 is 0 Å². The summed E-state index contributed by atoms with van der Waals surface area (Å²) in [6.45, 7) is 0. The van der Waals surface area contributed by atoms with E-state index >= 15 is 0 Å². The molecule has 34 heavy (non-hydrogen) atoms. The maximum atomic E-state index is 5.02. The quantitative estimate of drug-likeness (QED) is 0.258. The smallest absolute Gasteiger partial charge is 0.195 e. The lowest BCUT2D eigenvalue weighted by Crippen LogP contribution is -2.09. The van der Waals surface area contributed by atoms with Crippen LogP contribution in [0.25, 0.3) is 32.5 Å². The first kappa shape index (κ1) is 20.4. The second kappa shape index (κ2) is 8.97. The monoisotopic (exact) mass is 454 g/mol. The lowest BCUT2D eigenvalue weighted by Gasteiger charge is -2.23. The summed E-state index contributed by atoms with van der Waals surface area (Å²) >= 11 is 1.71. The summed E-state index contributed by atoms with van der Waals surface area (Å²) in [5.74, 6) is 0. The molecule has 0 spiro atoms. The van der Waals surface area contributed by atoms with Crippen molar-refractivity contribution in [2.45, 2.75) is 0 Å². The van der Waals surface area contributed by atoms with E-state index in [1.54, 1.807) is 11.3 Å². The van der Waals surface area contributed by atoms with Crippen LogP contribution in [0.1, 0.15) is 0 Å². The van der Waals surface area contributed by atoms with Crippen LogP contribution in [0.4, 0.5) is 16.5 Å². The van der Waals surface area contributed by atoms with Crippen molar-refractivity contribution in [2.24, 2.45) is 0 Å². The summed E-state index contributed by atoms with van der Waals surface area (Å²) < 4.78 is 1.18. The fourth-order valence-electron chi connectivity index (χ4n) is 4.24. The summed E-state index contributed by atoms with van der Waals surface area (Å²) in [6, 6.07) is 46.7. The topological polar surface area (TPSA) is 16.1 Å². The standard InChI is InChI=1S/C31H22N2S/c1-3-11-23(12-4-1)25-15-9-17-27(21-25)33(31-32-29-19-7-8-20-30(29)34-31)28-18-10-16-26(22-28)24-13-5-2-6-14-24/h1-22H. The van der Waals surface area contributed by atoms with Gasteiger partial charge in [0.15, 0.2) is 5.13 Å². The molecule has 0 fully saturated rings. The molecule has 5 aromatic carbocycles. The lowest BCUT2D eigenvalue weighted by atomic mass is 10.0. The van der Waals surface area contributed by atoms with Gasteiger partial charge in [-0.05, 0) is 58.7 Å². The van der Waals surface area contributed by atoms with E-state index in [0.717, 1.165) is 22.0 Å². The molecule has 1 aromatic heterocycles. The molecule has 162 valence electrons. The molecule has 2 nitrogen and oxygen atoms in total. The van der Waals surface area contributed by atoms with Crippen molar-refractivity contribution in [2.75, 3.05) is 4.90 Å². The van der Waals surface area contributed by atoms with E-state index in [1.165, 1.54) is 27.0 Å². The molecule has 0 aliphatic heterocycles. The minimum Gasteiger partial charge on any atom is -0.286 e. The van der Waals surface area contributed by atoms with E-state index in [2.05, 4.69) is 132 Å². The SMILES string of the molecule is c1ccc(-c2cccc(N(c3cccc(-c4ccccc4)c3)c3nc4ccccc4s3)c2)cc1. The molecule has 6 rings (SSSR count). The first-order valence-electron chi connectivity index (χ1n) is 11.3. The fourth-order valence-corrected chi connectivity index (χ4v) is 5.24. The first-order valence-corrected chi connectivity index (χ1v) is 12.1. The van der Waals surface area contributed by atoms with Gasteiger partial charge in [-0.25, -0.2) is 4.98 Å². The summed E-state index contributed by atoms with van der Waals surface area (Å²) in [6.07, 6.45) is 0. The van der Waals surface area contributed by atoms with Gasteiger partial charge in [-0.2, -0.15) is 0 Å². The highest BCUT2D eigenvalue weighted by molar-refractivity contribution is 7.22. The van der Waals surface area contributed by atoms with Crippen molar-refractivity contribution in [1.29, 1.82) is 0 Å². The van der Waals surface area contributed by atoms with Gasteiger partial charge in [0.2, 0.25) is 0 Å². The molecule has 0 radical (unpaired) electrons. The normalized spacial score (nSPS) is 10.9. The Bertz CT molecular complexity index is 1440. The number of anilines is 3. The van der Waals surface area contributed by atoms with E-state index in [1.807, 2.05) is 6.07 Å². The van der Waals surface area contributed by atoms with Gasteiger partial charge in [0.05, 0.1) is 10.2 Å². The molecule has 0 aliphatic rings. The Hall–Kier alpha value is -4.21. The second-order valence-electron chi connectivity index (χ2n) is 8.13. The van der Waals surface area contributed by atoms with E-state index in [4.69, 9.17) is 4.98 Å². The second-order valence-corrected chi connectivity index (χ2v) is 9.14. The molecule has 0 saturated heterocycles. The third-order valence-corrected chi connectivity index (χ3v) is 6.92. The first-order chi connectivity index (χ1) is 16.8. The van der Waals surface area contributed by atoms with Crippen LogP contribution in [-0.2, 0) is 0 Å². The number of aromatic nitrogens is 1. The molecule has 0 atom stereocenters. The summed E-state index contributed by atoms with van der Waals surface area (Å²) in [5.41, 5.74) is 7.97. The number of nitrogens with zero attached hydrogens (tertiary/aromatic N) is 2. The van der Waals surface area contributed by atoms with Crippen molar-refractivity contribution in [3.63, 3.8) is 0 Å². The molecule has 0 N–H and O–H groups in total. The van der Waals surface area contributed by atoms with Crippen LogP contribution in [0.3, 0.4) is 0 Å². The number of fused-ring (bicyclic) bond motifs is 1. The minimum atomic E-state index is 0.955. The van der Waals surface area contributed by atoms with Crippen LogP contribution < -0.4 is 4.90 Å². The predicted molar refractivity (Wildman–Crippen MR) is 145 cm³/mol. The van der Waals surface area contributed by atoms with Gasteiger partial charge in [-0.3, -0.25) is 4.90 Å². The van der Waals surface area contributed by atoms with Gasteiger partial charge in [-0.15, -0.1) is 0 Å². The van der Waals surface area contributed by atoms with Crippen LogP contribution in [0.5, 0.6) is 0 Å². The number of rotatable bonds is 5. The third-order valence-electron chi connectivity index (χ3n) is 5.90. The molecule has 3 heteroatoms. The Morgan fingerprint density at radius 1 is 0.471 bits per heavy atom. The molecule has 0 aliphatic carbocycles. The lowest BCUT2D eigenvalue weighted by molar-refractivity contribution is 1.25. The summed E-state index contributed by atoms with van der Waals surface area (Å²) in [4.78, 5) is 7.28. The van der Waals surface area contributed by atoms with Crippen LogP contribution >= 0.6 is 11.3 Å². The van der Waals surface area contributed by atoms with E-state index in [0.29, 0.717) is 0 Å². The van der Waals surface area contributed by atoms with Crippen LogP contribution in [0.2, 0.25) is 0 Å². The minimum absolute atomic E-state index is 0.955. The van der Waals surface area contributed by atoms with Gasteiger partial charge in [0, 0.05) is 11.4 Å². The maximum Gasteiger partial charge on any atom is 0.195 e. The molecule has 1 heterocycles. The Morgan fingerprint density at radius 2 is 0.971 bits per heavy atom. The van der Waals surface area contributed by atoms with Gasteiger partial charge >= 0.3 is 0 Å². The molecule has 0 saturated carbocycles. The maximum absolute atomic E-state index is 5.02. The van der Waals surface area contributed by atoms with Crippen molar-refractivity contribution < 1.29 is 0 Å². The Balaban J connectivity index is 1.52. The van der Waals surface area contributed by atoms with E-state index in [-0.39, 0.29) is 0 Å². The third kappa shape index (κ3) is 3.98. The molecular formula is C31H22N2S. The largest absolute Gasteiger partial charge is 0.286 e. The zero-order valence-corrected chi connectivity index (χ0v) is 19.3. The molecule has 6 aromatic rings. The Labute approximate surface area is 203 Å². The fraction of sp³-hybridized carbons (Fsp3) is 0. The van der Waals surface area contributed by atoms with Gasteiger partial charge in [0.25, 0.3) is 0 Å². The van der Waals surface area contributed by atoms with Crippen molar-refractivity contribution in [1.82, 2.24) is 4.98 Å². The van der Waals surface area contributed by atoms with Gasteiger partial charge in [0.1, 0.15) is 0 Å². The van der Waals surface area contributed by atoms with Gasteiger partial charge < -0.3 is 0 Å². The average molecular weight is 455 g/mol. The number of hydrogen-bond acceptors (Lipinski definition) is 3. The highest BCUT2D eigenvalue weighted by Crippen LogP contribution is 2.41. The summed E-state index contributed by atoms with van der Waals surface area (Å²) in [7, 11) is 0. The van der Waals surface area contributed by atoms with Crippen molar-refractivity contribution in [3.8, 4) is 22.3 Å². The zero-order valence-electron chi connectivity index (χ0n) is 18.5. The van der Waals surface area contributed by atoms with Crippen molar-refractivity contribution >= 4 is 38.1 Å². The summed E-state index contributed by atoms with van der Waals surface area (Å²) in [5, 5.41) is 0.955. The Morgan fingerprint density at radius 3 is 1.53 bits per heavy atom. The number of benzene rings is 5. The highest BCUT2D eigenvalue weighted by atomic mass is 32.1. The molecule has 0 unspecified atom stereocenters. The average Bonchev–Trinajstić information content (AvgIpc) is 3.34. The number of hydrogen-bond donors (Lipinski definition) is 0. The molecule has 0 bridgehead atoms. The highest BCUT2D eigenvalue weighted by Gasteiger charge is 2.18. The number of para-hydroxylation sites is 1.